The molecule has 1 aliphatic heterocycles. The van der Waals surface area contributed by atoms with Crippen LogP contribution in [0, 0.1) is 5.92 Å². The maximum atomic E-state index is 3.70. The second-order valence-electron chi connectivity index (χ2n) is 4.52. The van der Waals surface area contributed by atoms with Gasteiger partial charge in [-0.25, -0.2) is 0 Å². The summed E-state index contributed by atoms with van der Waals surface area (Å²) in [7, 11) is 0. The molecule has 1 aliphatic rings. The summed E-state index contributed by atoms with van der Waals surface area (Å²) in [6.07, 6.45) is 4.68. The molecule has 0 saturated carbocycles. The van der Waals surface area contributed by atoms with Crippen molar-refractivity contribution >= 4 is 0 Å². The summed E-state index contributed by atoms with van der Waals surface area (Å²) >= 11 is 0. The van der Waals surface area contributed by atoms with Gasteiger partial charge >= 0.3 is 0 Å². The van der Waals surface area contributed by atoms with Crippen molar-refractivity contribution < 1.29 is 0 Å². The SMILES string of the molecule is C=CCNCCN1CC(C)CCC1C. The van der Waals surface area contributed by atoms with Crippen molar-refractivity contribution in [3.63, 3.8) is 0 Å². The summed E-state index contributed by atoms with van der Waals surface area (Å²) in [6.45, 7) is 12.9. The van der Waals surface area contributed by atoms with Crippen LogP contribution in [0.3, 0.4) is 0 Å². The summed E-state index contributed by atoms with van der Waals surface area (Å²) in [5.41, 5.74) is 0. The van der Waals surface area contributed by atoms with Gasteiger partial charge in [-0.1, -0.05) is 13.0 Å². The van der Waals surface area contributed by atoms with Crippen LogP contribution in [0.5, 0.6) is 0 Å². The van der Waals surface area contributed by atoms with E-state index < -0.39 is 0 Å². The summed E-state index contributed by atoms with van der Waals surface area (Å²) in [4.78, 5) is 2.60. The molecule has 2 heteroatoms. The normalized spacial score (nSPS) is 29.0. The van der Waals surface area contributed by atoms with Crippen molar-refractivity contribution in [1.82, 2.24) is 10.2 Å². The maximum absolute atomic E-state index is 3.70. The first-order chi connectivity index (χ1) is 6.74. The third kappa shape index (κ3) is 3.81. The lowest BCUT2D eigenvalue weighted by molar-refractivity contribution is 0.126. The first-order valence-electron chi connectivity index (χ1n) is 5.79. The van der Waals surface area contributed by atoms with E-state index in [2.05, 4.69) is 30.6 Å². The quantitative estimate of drug-likeness (QED) is 0.533. The van der Waals surface area contributed by atoms with Crippen LogP contribution in [-0.2, 0) is 0 Å². The largest absolute Gasteiger partial charge is 0.312 e. The van der Waals surface area contributed by atoms with Gasteiger partial charge < -0.3 is 5.32 Å². The van der Waals surface area contributed by atoms with Gasteiger partial charge in [0, 0.05) is 32.2 Å². The van der Waals surface area contributed by atoms with E-state index in [4.69, 9.17) is 0 Å². The highest BCUT2D eigenvalue weighted by Gasteiger charge is 2.21. The van der Waals surface area contributed by atoms with E-state index in [-0.39, 0.29) is 0 Å². The number of rotatable bonds is 5. The molecule has 82 valence electrons. The van der Waals surface area contributed by atoms with Gasteiger partial charge in [0.05, 0.1) is 0 Å². The van der Waals surface area contributed by atoms with Gasteiger partial charge in [0.25, 0.3) is 0 Å². The Morgan fingerprint density at radius 1 is 1.43 bits per heavy atom. The van der Waals surface area contributed by atoms with E-state index in [1.54, 1.807) is 0 Å². The summed E-state index contributed by atoms with van der Waals surface area (Å²) < 4.78 is 0. The van der Waals surface area contributed by atoms with Crippen LogP contribution < -0.4 is 5.32 Å². The molecule has 1 heterocycles. The van der Waals surface area contributed by atoms with Gasteiger partial charge in [0.15, 0.2) is 0 Å². The van der Waals surface area contributed by atoms with Crippen molar-refractivity contribution in [2.45, 2.75) is 32.7 Å². The summed E-state index contributed by atoms with van der Waals surface area (Å²) in [6, 6.07) is 0.775. The second kappa shape index (κ2) is 6.20. The molecule has 2 atom stereocenters. The topological polar surface area (TPSA) is 15.3 Å². The zero-order valence-corrected chi connectivity index (χ0v) is 9.63. The molecular weight excluding hydrogens is 172 g/mol. The fourth-order valence-corrected chi connectivity index (χ4v) is 2.12. The Hall–Kier alpha value is -0.340. The van der Waals surface area contributed by atoms with Crippen LogP contribution in [0.1, 0.15) is 26.7 Å². The summed E-state index contributed by atoms with van der Waals surface area (Å²) in [5, 5.41) is 3.36. The molecule has 1 fully saturated rings. The lowest BCUT2D eigenvalue weighted by atomic mass is 9.95. The van der Waals surface area contributed by atoms with E-state index in [9.17, 15) is 0 Å². The Labute approximate surface area is 88.4 Å². The molecule has 0 aromatic heterocycles. The molecule has 1 N–H and O–H groups in total. The lowest BCUT2D eigenvalue weighted by Crippen LogP contribution is -2.44. The molecule has 0 spiro atoms. The van der Waals surface area contributed by atoms with Crippen molar-refractivity contribution in [3.05, 3.63) is 12.7 Å². The second-order valence-corrected chi connectivity index (χ2v) is 4.52. The molecule has 2 unspecified atom stereocenters. The van der Waals surface area contributed by atoms with E-state index in [0.717, 1.165) is 25.0 Å². The molecule has 0 aromatic carbocycles. The molecule has 0 radical (unpaired) electrons. The van der Waals surface area contributed by atoms with Crippen LogP contribution in [-0.4, -0.2) is 37.1 Å². The predicted molar refractivity (Wildman–Crippen MR) is 62.5 cm³/mol. The standard InChI is InChI=1S/C12H24N2/c1-4-7-13-8-9-14-10-11(2)5-6-12(14)3/h4,11-13H,1,5-10H2,2-3H3. The Morgan fingerprint density at radius 3 is 2.93 bits per heavy atom. The highest BCUT2D eigenvalue weighted by atomic mass is 15.2. The molecule has 0 amide bonds. The Kier molecular flexibility index (Phi) is 5.20. The van der Waals surface area contributed by atoms with E-state index in [0.29, 0.717) is 0 Å². The minimum Gasteiger partial charge on any atom is -0.312 e. The Bertz CT molecular complexity index is 168. The van der Waals surface area contributed by atoms with Crippen LogP contribution in [0.25, 0.3) is 0 Å². The van der Waals surface area contributed by atoms with Gasteiger partial charge in [0.1, 0.15) is 0 Å². The van der Waals surface area contributed by atoms with E-state index in [1.807, 2.05) is 6.08 Å². The third-order valence-electron chi connectivity index (χ3n) is 3.11. The van der Waals surface area contributed by atoms with Crippen molar-refractivity contribution in [2.75, 3.05) is 26.2 Å². The van der Waals surface area contributed by atoms with Crippen molar-refractivity contribution in [2.24, 2.45) is 5.92 Å². The number of piperidine rings is 1. The molecule has 0 aliphatic carbocycles. The van der Waals surface area contributed by atoms with Crippen LogP contribution >= 0.6 is 0 Å². The number of nitrogens with zero attached hydrogens (tertiary/aromatic N) is 1. The minimum atomic E-state index is 0.775. The van der Waals surface area contributed by atoms with Crippen molar-refractivity contribution in [1.29, 1.82) is 0 Å². The van der Waals surface area contributed by atoms with Gasteiger partial charge in [-0.15, -0.1) is 6.58 Å². The maximum Gasteiger partial charge on any atom is 0.0132 e. The number of hydrogen-bond donors (Lipinski definition) is 1. The number of hydrogen-bond acceptors (Lipinski definition) is 2. The third-order valence-corrected chi connectivity index (χ3v) is 3.11. The van der Waals surface area contributed by atoms with E-state index in [1.165, 1.54) is 25.9 Å². The minimum absolute atomic E-state index is 0.775. The Morgan fingerprint density at radius 2 is 2.21 bits per heavy atom. The van der Waals surface area contributed by atoms with Gasteiger partial charge in [-0.3, -0.25) is 4.90 Å². The molecule has 0 aromatic rings. The highest BCUT2D eigenvalue weighted by Crippen LogP contribution is 2.20. The highest BCUT2D eigenvalue weighted by molar-refractivity contribution is 4.78. The van der Waals surface area contributed by atoms with Crippen LogP contribution in [0.4, 0.5) is 0 Å². The molecular formula is C12H24N2. The zero-order chi connectivity index (χ0) is 10.4. The Balaban J connectivity index is 2.17. The fraction of sp³-hybridized carbons (Fsp3) is 0.833. The van der Waals surface area contributed by atoms with Gasteiger partial charge in [-0.05, 0) is 25.7 Å². The van der Waals surface area contributed by atoms with Crippen LogP contribution in [0.2, 0.25) is 0 Å². The first kappa shape index (κ1) is 11.7. The van der Waals surface area contributed by atoms with E-state index >= 15 is 0 Å². The predicted octanol–water partition coefficient (Wildman–Crippen LogP) is 1.88. The van der Waals surface area contributed by atoms with Gasteiger partial charge in [-0.2, -0.15) is 0 Å². The number of likely N-dealkylation sites (tertiary alicyclic amines) is 1. The average Bonchev–Trinajstić information content (AvgIpc) is 2.18. The zero-order valence-electron chi connectivity index (χ0n) is 9.63. The molecule has 14 heavy (non-hydrogen) atoms. The smallest absolute Gasteiger partial charge is 0.0132 e. The first-order valence-corrected chi connectivity index (χ1v) is 5.79. The molecule has 2 nitrogen and oxygen atoms in total. The summed E-state index contributed by atoms with van der Waals surface area (Å²) in [5.74, 6) is 0.880. The molecule has 1 saturated heterocycles. The van der Waals surface area contributed by atoms with Gasteiger partial charge in [0.2, 0.25) is 0 Å². The van der Waals surface area contributed by atoms with Crippen molar-refractivity contribution in [3.8, 4) is 0 Å². The fourth-order valence-electron chi connectivity index (χ4n) is 2.12. The molecule has 1 rings (SSSR count). The lowest BCUT2D eigenvalue weighted by Gasteiger charge is -2.36. The number of nitrogens with one attached hydrogen (secondary N) is 1. The van der Waals surface area contributed by atoms with Crippen LogP contribution in [0.15, 0.2) is 12.7 Å². The molecule has 0 bridgehead atoms. The monoisotopic (exact) mass is 196 g/mol. The average molecular weight is 196 g/mol.